The van der Waals surface area contributed by atoms with E-state index in [9.17, 15) is 18.8 Å². The van der Waals surface area contributed by atoms with Crippen LogP contribution in [0.3, 0.4) is 0 Å². The van der Waals surface area contributed by atoms with Crippen molar-refractivity contribution in [1.82, 2.24) is 0 Å². The van der Waals surface area contributed by atoms with Crippen molar-refractivity contribution in [3.63, 3.8) is 0 Å². The van der Waals surface area contributed by atoms with Gasteiger partial charge in [0.25, 0.3) is 0 Å². The molecule has 0 bridgehead atoms. The van der Waals surface area contributed by atoms with Crippen molar-refractivity contribution >= 4 is 29.1 Å². The van der Waals surface area contributed by atoms with E-state index in [-0.39, 0.29) is 17.9 Å². The number of rotatable bonds is 6. The zero-order valence-electron chi connectivity index (χ0n) is 16.9. The summed E-state index contributed by atoms with van der Waals surface area (Å²) in [5.74, 6) is -2.26. The fraction of sp³-hybridized carbons (Fsp3) is 0.273. The van der Waals surface area contributed by atoms with Gasteiger partial charge in [-0.1, -0.05) is 17.7 Å². The molecule has 1 atom stereocenters. The number of carbonyl (C=O) groups excluding carboxylic acids is 3. The van der Waals surface area contributed by atoms with Crippen LogP contribution < -0.4 is 10.7 Å². The van der Waals surface area contributed by atoms with Crippen LogP contribution in [0.5, 0.6) is 0 Å². The predicted octanol–water partition coefficient (Wildman–Crippen LogP) is 2.60. The number of nitrogens with zero attached hydrogens (tertiary/aromatic N) is 2. The minimum absolute atomic E-state index is 0.0340. The smallest absolute Gasteiger partial charge is 0.355 e. The lowest BCUT2D eigenvalue weighted by Crippen LogP contribution is -2.39. The molecule has 156 valence electrons. The lowest BCUT2D eigenvalue weighted by atomic mass is 9.97. The summed E-state index contributed by atoms with van der Waals surface area (Å²) in [6.07, 6.45) is -0.0671. The monoisotopic (exact) mass is 411 g/mol. The molecule has 1 aliphatic rings. The van der Waals surface area contributed by atoms with E-state index in [1.807, 2.05) is 32.9 Å². The first-order valence-corrected chi connectivity index (χ1v) is 9.37. The lowest BCUT2D eigenvalue weighted by molar-refractivity contribution is -0.134. The number of halogens is 1. The third kappa shape index (κ3) is 4.37. The van der Waals surface area contributed by atoms with E-state index in [4.69, 9.17) is 10.5 Å². The first-order valence-electron chi connectivity index (χ1n) is 9.37. The summed E-state index contributed by atoms with van der Waals surface area (Å²) < 4.78 is 18.3. The maximum atomic E-state index is 13.2. The molecule has 0 saturated carbocycles. The van der Waals surface area contributed by atoms with Crippen LogP contribution >= 0.6 is 0 Å². The lowest BCUT2D eigenvalue weighted by Gasteiger charge is -2.20. The minimum Gasteiger partial charge on any atom is -0.453 e. The van der Waals surface area contributed by atoms with E-state index >= 15 is 0 Å². The standard InChI is InChI=1S/C22H22FN3O4/c1-12-8-13(2)20(14(3)9-12)19(27)11-30-22(29)17-10-18(21(24)28)26(25-17)16-6-4-15(23)5-7-16/h4-9,18H,10-11H2,1-3H3,(H2,24,28). The maximum absolute atomic E-state index is 13.2. The number of benzene rings is 2. The van der Waals surface area contributed by atoms with Crippen LogP contribution in [0.25, 0.3) is 0 Å². The highest BCUT2D eigenvalue weighted by Crippen LogP contribution is 2.25. The molecule has 0 fully saturated rings. The number of ketones is 1. The Bertz CT molecular complexity index is 1020. The van der Waals surface area contributed by atoms with Gasteiger partial charge >= 0.3 is 5.97 Å². The van der Waals surface area contributed by atoms with Gasteiger partial charge in [0.15, 0.2) is 6.61 Å². The van der Waals surface area contributed by atoms with Gasteiger partial charge in [-0.05, 0) is 56.2 Å². The number of hydrazone groups is 1. The molecule has 0 saturated heterocycles. The Balaban J connectivity index is 1.73. The number of primary amides is 1. The molecule has 2 aromatic carbocycles. The molecule has 0 spiro atoms. The number of anilines is 1. The number of carbonyl (C=O) groups is 3. The number of hydrogen-bond acceptors (Lipinski definition) is 6. The summed E-state index contributed by atoms with van der Waals surface area (Å²) in [6, 6.07) is 8.15. The molecule has 2 aromatic rings. The molecular weight excluding hydrogens is 389 g/mol. The average molecular weight is 411 g/mol. The van der Waals surface area contributed by atoms with E-state index in [1.165, 1.54) is 29.3 Å². The Morgan fingerprint density at radius 3 is 2.30 bits per heavy atom. The highest BCUT2D eigenvalue weighted by molar-refractivity contribution is 6.38. The molecule has 0 aliphatic carbocycles. The maximum Gasteiger partial charge on any atom is 0.355 e. The largest absolute Gasteiger partial charge is 0.453 e. The Hall–Kier alpha value is -3.55. The van der Waals surface area contributed by atoms with Crippen molar-refractivity contribution < 1.29 is 23.5 Å². The summed E-state index contributed by atoms with van der Waals surface area (Å²) in [5, 5.41) is 5.39. The predicted molar refractivity (Wildman–Crippen MR) is 110 cm³/mol. The van der Waals surface area contributed by atoms with Crippen molar-refractivity contribution in [2.75, 3.05) is 11.6 Å². The molecule has 1 heterocycles. The van der Waals surface area contributed by atoms with Gasteiger partial charge in [0.1, 0.15) is 17.6 Å². The molecule has 7 nitrogen and oxygen atoms in total. The molecule has 1 aliphatic heterocycles. The average Bonchev–Trinajstić information content (AvgIpc) is 3.11. The second kappa shape index (κ2) is 8.44. The Kier molecular flexibility index (Phi) is 5.96. The van der Waals surface area contributed by atoms with Gasteiger partial charge in [-0.2, -0.15) is 5.10 Å². The van der Waals surface area contributed by atoms with Crippen LogP contribution in [0, 0.1) is 26.6 Å². The number of ether oxygens (including phenoxy) is 1. The minimum atomic E-state index is -0.907. The van der Waals surface area contributed by atoms with E-state index < -0.39 is 30.3 Å². The summed E-state index contributed by atoms with van der Waals surface area (Å²) in [5.41, 5.74) is 8.97. The summed E-state index contributed by atoms with van der Waals surface area (Å²) in [6.45, 7) is 5.15. The number of aryl methyl sites for hydroxylation is 3. The molecule has 2 N–H and O–H groups in total. The molecular formula is C22H22FN3O4. The van der Waals surface area contributed by atoms with Crippen molar-refractivity contribution in [1.29, 1.82) is 0 Å². The van der Waals surface area contributed by atoms with Gasteiger partial charge in [0.05, 0.1) is 5.69 Å². The van der Waals surface area contributed by atoms with Crippen LogP contribution in [-0.4, -0.2) is 36.0 Å². The SMILES string of the molecule is Cc1cc(C)c(C(=O)COC(=O)C2=NN(c3ccc(F)cc3)C(C(N)=O)C2)c(C)c1. The highest BCUT2D eigenvalue weighted by atomic mass is 19.1. The second-order valence-corrected chi connectivity index (χ2v) is 7.26. The normalized spacial score (nSPS) is 15.7. The highest BCUT2D eigenvalue weighted by Gasteiger charge is 2.36. The number of hydrogen-bond donors (Lipinski definition) is 1. The molecule has 30 heavy (non-hydrogen) atoms. The van der Waals surface area contributed by atoms with Gasteiger partial charge in [0, 0.05) is 12.0 Å². The Labute approximate surface area is 173 Å². The van der Waals surface area contributed by atoms with Crippen LogP contribution in [0.15, 0.2) is 41.5 Å². The van der Waals surface area contributed by atoms with Gasteiger partial charge in [0.2, 0.25) is 11.7 Å². The molecule has 1 unspecified atom stereocenters. The van der Waals surface area contributed by atoms with Crippen molar-refractivity contribution in [2.24, 2.45) is 10.8 Å². The molecule has 1 amide bonds. The molecule has 0 radical (unpaired) electrons. The summed E-state index contributed by atoms with van der Waals surface area (Å²) in [4.78, 5) is 36.8. The number of nitrogens with two attached hydrogens (primary N) is 1. The third-order valence-corrected chi connectivity index (χ3v) is 4.86. The topological polar surface area (TPSA) is 102 Å². The van der Waals surface area contributed by atoms with Crippen LogP contribution in [0.4, 0.5) is 10.1 Å². The number of Topliss-reactive ketones (excluding diaryl/α,β-unsaturated/α-hetero) is 1. The van der Waals surface area contributed by atoms with Crippen LogP contribution in [0.1, 0.15) is 33.5 Å². The van der Waals surface area contributed by atoms with Crippen molar-refractivity contribution in [2.45, 2.75) is 33.2 Å². The van der Waals surface area contributed by atoms with E-state index in [1.54, 1.807) is 0 Å². The fourth-order valence-electron chi connectivity index (χ4n) is 3.59. The van der Waals surface area contributed by atoms with Crippen LogP contribution in [0.2, 0.25) is 0 Å². The second-order valence-electron chi connectivity index (χ2n) is 7.26. The first-order chi connectivity index (χ1) is 14.2. The van der Waals surface area contributed by atoms with Crippen molar-refractivity contribution in [3.05, 3.63) is 64.5 Å². The van der Waals surface area contributed by atoms with Crippen molar-refractivity contribution in [3.8, 4) is 0 Å². The molecule has 8 heteroatoms. The van der Waals surface area contributed by atoms with Gasteiger partial charge in [-0.3, -0.25) is 14.6 Å². The van der Waals surface area contributed by atoms with E-state index in [0.717, 1.165) is 16.7 Å². The fourth-order valence-corrected chi connectivity index (χ4v) is 3.59. The Morgan fingerprint density at radius 2 is 1.73 bits per heavy atom. The quantitative estimate of drug-likeness (QED) is 0.582. The summed E-state index contributed by atoms with van der Waals surface area (Å²) >= 11 is 0. The van der Waals surface area contributed by atoms with E-state index in [2.05, 4.69) is 5.10 Å². The van der Waals surface area contributed by atoms with Crippen LogP contribution in [-0.2, 0) is 14.3 Å². The summed E-state index contributed by atoms with van der Waals surface area (Å²) in [7, 11) is 0. The zero-order valence-corrected chi connectivity index (χ0v) is 16.9. The number of amides is 1. The van der Waals surface area contributed by atoms with Gasteiger partial charge < -0.3 is 10.5 Å². The third-order valence-electron chi connectivity index (χ3n) is 4.86. The Morgan fingerprint density at radius 1 is 1.13 bits per heavy atom. The number of esters is 1. The zero-order chi connectivity index (χ0) is 22.0. The van der Waals surface area contributed by atoms with Gasteiger partial charge in [-0.25, -0.2) is 9.18 Å². The first kappa shape index (κ1) is 21.2. The van der Waals surface area contributed by atoms with E-state index in [0.29, 0.717) is 11.3 Å². The molecule has 0 aromatic heterocycles. The molecule has 3 rings (SSSR count). The van der Waals surface area contributed by atoms with Gasteiger partial charge in [-0.15, -0.1) is 0 Å².